The van der Waals surface area contributed by atoms with Gasteiger partial charge in [0.1, 0.15) is 0 Å². The summed E-state index contributed by atoms with van der Waals surface area (Å²) >= 11 is 0. The van der Waals surface area contributed by atoms with Gasteiger partial charge in [0.2, 0.25) is 5.91 Å². The molecule has 1 aliphatic heterocycles. The summed E-state index contributed by atoms with van der Waals surface area (Å²) in [5, 5.41) is 9.38. The van der Waals surface area contributed by atoms with Crippen molar-refractivity contribution in [2.24, 2.45) is 0 Å². The molecule has 1 fully saturated rings. The van der Waals surface area contributed by atoms with Crippen LogP contribution in [0.3, 0.4) is 0 Å². The molecule has 0 bridgehead atoms. The van der Waals surface area contributed by atoms with Crippen molar-refractivity contribution in [2.45, 2.75) is 12.6 Å². The van der Waals surface area contributed by atoms with Crippen LogP contribution in [-0.2, 0) is 11.3 Å². The number of hydrogen-bond donors (Lipinski definition) is 3. The first-order chi connectivity index (χ1) is 10.3. The topological polar surface area (TPSA) is 71.0 Å². The fourth-order valence-electron chi connectivity index (χ4n) is 2.41. The van der Waals surface area contributed by atoms with Crippen molar-refractivity contribution in [3.8, 4) is 0 Å². The zero-order valence-electron chi connectivity index (χ0n) is 11.7. The lowest BCUT2D eigenvalue weighted by atomic mass is 10.1. The molecule has 1 atom stereocenters. The van der Waals surface area contributed by atoms with Crippen molar-refractivity contribution in [1.29, 1.82) is 0 Å². The summed E-state index contributed by atoms with van der Waals surface area (Å²) in [7, 11) is 0. The predicted molar refractivity (Wildman–Crippen MR) is 81.1 cm³/mol. The van der Waals surface area contributed by atoms with Gasteiger partial charge in [-0.05, 0) is 17.7 Å². The molecule has 0 aliphatic carbocycles. The number of nitrogens with one attached hydrogen (secondary N) is 3. The third-order valence-corrected chi connectivity index (χ3v) is 3.48. The Bertz CT molecular complexity index is 590. The molecule has 1 aliphatic rings. The van der Waals surface area contributed by atoms with Crippen molar-refractivity contribution in [3.63, 3.8) is 0 Å². The summed E-state index contributed by atoms with van der Waals surface area (Å²) in [6, 6.07) is 7.72. The molecule has 0 radical (unpaired) electrons. The highest BCUT2D eigenvalue weighted by Gasteiger charge is 2.20. The second-order valence-corrected chi connectivity index (χ2v) is 5.14. The lowest BCUT2D eigenvalue weighted by molar-refractivity contribution is -0.118. The van der Waals surface area contributed by atoms with E-state index in [0.29, 0.717) is 6.54 Å². The van der Waals surface area contributed by atoms with Gasteiger partial charge in [0.25, 0.3) is 0 Å². The minimum Gasteiger partial charge on any atom is -0.333 e. The number of imidazole rings is 1. The fourth-order valence-corrected chi connectivity index (χ4v) is 2.41. The van der Waals surface area contributed by atoms with Crippen LogP contribution in [0.25, 0.3) is 0 Å². The molecule has 0 saturated carbocycles. The molecule has 21 heavy (non-hydrogen) atoms. The van der Waals surface area contributed by atoms with Crippen molar-refractivity contribution in [2.75, 3.05) is 25.0 Å². The van der Waals surface area contributed by atoms with Crippen molar-refractivity contribution in [3.05, 3.63) is 48.5 Å². The van der Waals surface area contributed by atoms with Crippen molar-refractivity contribution < 1.29 is 4.79 Å². The molecular weight excluding hydrogens is 266 g/mol. The summed E-state index contributed by atoms with van der Waals surface area (Å²) < 4.78 is 1.99. The maximum Gasteiger partial charge on any atom is 0.242 e. The molecule has 6 nitrogen and oxygen atoms in total. The maximum atomic E-state index is 12.2. The van der Waals surface area contributed by atoms with E-state index in [1.165, 1.54) is 0 Å². The first kappa shape index (κ1) is 13.8. The molecule has 1 aromatic heterocycles. The predicted octanol–water partition coefficient (Wildman–Crippen LogP) is 0.431. The molecule has 3 rings (SSSR count). The molecule has 110 valence electrons. The minimum atomic E-state index is -0.170. The second-order valence-electron chi connectivity index (χ2n) is 5.14. The number of piperazine rings is 1. The number of hydrogen-bond acceptors (Lipinski definition) is 4. The van der Waals surface area contributed by atoms with Gasteiger partial charge in [-0.25, -0.2) is 4.98 Å². The quantitative estimate of drug-likeness (QED) is 0.762. The van der Waals surface area contributed by atoms with E-state index in [4.69, 9.17) is 0 Å². The Labute approximate surface area is 123 Å². The lowest BCUT2D eigenvalue weighted by Crippen LogP contribution is -2.54. The Morgan fingerprint density at radius 3 is 3.14 bits per heavy atom. The number of benzene rings is 1. The molecule has 0 unspecified atom stereocenters. The van der Waals surface area contributed by atoms with Crippen LogP contribution in [0.15, 0.2) is 43.0 Å². The van der Waals surface area contributed by atoms with Gasteiger partial charge < -0.3 is 20.5 Å². The summed E-state index contributed by atoms with van der Waals surface area (Å²) in [4.78, 5) is 16.2. The van der Waals surface area contributed by atoms with E-state index in [9.17, 15) is 4.79 Å². The van der Waals surface area contributed by atoms with E-state index >= 15 is 0 Å². The average Bonchev–Trinajstić information content (AvgIpc) is 3.01. The SMILES string of the molecule is O=C(Nc1cccc(Cn2ccnc2)c1)[C@@H]1CNCCN1. The zero-order chi connectivity index (χ0) is 14.5. The van der Waals surface area contributed by atoms with Gasteiger partial charge in [0.15, 0.2) is 0 Å². The smallest absolute Gasteiger partial charge is 0.242 e. The normalized spacial score (nSPS) is 18.4. The van der Waals surface area contributed by atoms with E-state index in [1.54, 1.807) is 12.5 Å². The Hall–Kier alpha value is -2.18. The van der Waals surface area contributed by atoms with Crippen LogP contribution in [0.4, 0.5) is 5.69 Å². The van der Waals surface area contributed by atoms with Crippen LogP contribution in [0, 0.1) is 0 Å². The monoisotopic (exact) mass is 285 g/mol. The zero-order valence-corrected chi connectivity index (χ0v) is 11.7. The molecule has 2 heterocycles. The number of aromatic nitrogens is 2. The standard InChI is InChI=1S/C15H19N5O/c21-15(14-9-16-4-5-18-14)19-13-3-1-2-12(8-13)10-20-7-6-17-11-20/h1-3,6-8,11,14,16,18H,4-5,9-10H2,(H,19,21)/t14-/m0/s1. The number of carbonyl (C=O) groups is 1. The third kappa shape index (κ3) is 3.68. The lowest BCUT2D eigenvalue weighted by Gasteiger charge is -2.23. The molecular formula is C15H19N5O. The molecule has 3 N–H and O–H groups in total. The number of amides is 1. The Kier molecular flexibility index (Phi) is 4.28. The van der Waals surface area contributed by atoms with E-state index in [0.717, 1.165) is 30.9 Å². The van der Waals surface area contributed by atoms with Crippen molar-refractivity contribution in [1.82, 2.24) is 20.2 Å². The van der Waals surface area contributed by atoms with Crippen LogP contribution in [0.1, 0.15) is 5.56 Å². The minimum absolute atomic E-state index is 0.00183. The van der Waals surface area contributed by atoms with Gasteiger partial charge in [-0.15, -0.1) is 0 Å². The molecule has 0 spiro atoms. The van der Waals surface area contributed by atoms with Crippen LogP contribution in [-0.4, -0.2) is 41.1 Å². The highest BCUT2D eigenvalue weighted by atomic mass is 16.2. The summed E-state index contributed by atoms with van der Waals surface area (Å²) in [6.07, 6.45) is 5.46. The number of carbonyl (C=O) groups excluding carboxylic acids is 1. The Balaban J connectivity index is 1.63. The molecule has 1 aromatic carbocycles. The summed E-state index contributed by atoms with van der Waals surface area (Å²) in [5.74, 6) is 0.00183. The van der Waals surface area contributed by atoms with E-state index in [-0.39, 0.29) is 11.9 Å². The van der Waals surface area contributed by atoms with Gasteiger partial charge in [0.05, 0.1) is 12.4 Å². The van der Waals surface area contributed by atoms with Crippen LogP contribution in [0.2, 0.25) is 0 Å². The second kappa shape index (κ2) is 6.51. The highest BCUT2D eigenvalue weighted by molar-refractivity contribution is 5.95. The first-order valence-electron chi connectivity index (χ1n) is 7.11. The van der Waals surface area contributed by atoms with Gasteiger partial charge in [-0.2, -0.15) is 0 Å². The summed E-state index contributed by atoms with van der Waals surface area (Å²) in [5.41, 5.74) is 1.95. The van der Waals surface area contributed by atoms with E-state index < -0.39 is 0 Å². The maximum absolute atomic E-state index is 12.2. The van der Waals surface area contributed by atoms with Crippen LogP contribution in [0.5, 0.6) is 0 Å². The highest BCUT2D eigenvalue weighted by Crippen LogP contribution is 2.12. The Morgan fingerprint density at radius 1 is 1.43 bits per heavy atom. The average molecular weight is 285 g/mol. The first-order valence-corrected chi connectivity index (χ1v) is 7.11. The molecule has 1 saturated heterocycles. The van der Waals surface area contributed by atoms with Crippen molar-refractivity contribution >= 4 is 11.6 Å². The largest absolute Gasteiger partial charge is 0.333 e. The summed E-state index contributed by atoms with van der Waals surface area (Å²) in [6.45, 7) is 3.14. The third-order valence-electron chi connectivity index (χ3n) is 3.48. The Morgan fingerprint density at radius 2 is 2.38 bits per heavy atom. The molecule has 2 aromatic rings. The van der Waals surface area contributed by atoms with Gasteiger partial charge in [0, 0.05) is 44.3 Å². The van der Waals surface area contributed by atoms with Crippen LogP contribution >= 0.6 is 0 Å². The van der Waals surface area contributed by atoms with E-state index in [2.05, 4.69) is 20.9 Å². The van der Waals surface area contributed by atoms with Crippen LogP contribution < -0.4 is 16.0 Å². The number of anilines is 1. The molecule has 6 heteroatoms. The van der Waals surface area contributed by atoms with Gasteiger partial charge in [-0.1, -0.05) is 12.1 Å². The van der Waals surface area contributed by atoms with Gasteiger partial charge in [-0.3, -0.25) is 4.79 Å². The number of rotatable bonds is 4. The van der Waals surface area contributed by atoms with Gasteiger partial charge >= 0.3 is 0 Å². The number of nitrogens with zero attached hydrogens (tertiary/aromatic N) is 2. The molecule has 1 amide bonds. The van der Waals surface area contributed by atoms with E-state index in [1.807, 2.05) is 35.0 Å². The fraction of sp³-hybridized carbons (Fsp3) is 0.333.